The molecule has 20 heavy (non-hydrogen) atoms. The molecule has 1 aromatic rings. The molecule has 2 rings (SSSR count). The number of nitrogens with zero attached hydrogens (tertiary/aromatic N) is 2. The molecule has 0 unspecified atom stereocenters. The molecule has 1 aliphatic rings. The molecule has 0 radical (unpaired) electrons. The molecule has 1 aliphatic heterocycles. The molecular weight excluding hydrogens is 293 g/mol. The van der Waals surface area contributed by atoms with Gasteiger partial charge in [-0.2, -0.15) is 0 Å². The molecular formula is C15H23Cl2N3. The first-order chi connectivity index (χ1) is 9.43. The van der Waals surface area contributed by atoms with E-state index in [0.717, 1.165) is 37.7 Å². The summed E-state index contributed by atoms with van der Waals surface area (Å²) in [5.74, 6) is 1.57. The summed E-state index contributed by atoms with van der Waals surface area (Å²) in [7, 11) is 0. The molecule has 0 aliphatic carbocycles. The van der Waals surface area contributed by atoms with Crippen LogP contribution in [0, 0.1) is 5.41 Å². The van der Waals surface area contributed by atoms with E-state index < -0.39 is 0 Å². The van der Waals surface area contributed by atoms with Crippen LogP contribution in [0.4, 0.5) is 11.6 Å². The molecule has 1 aromatic heterocycles. The van der Waals surface area contributed by atoms with Crippen LogP contribution in [-0.4, -0.2) is 24.6 Å². The van der Waals surface area contributed by atoms with Crippen molar-refractivity contribution in [3.05, 3.63) is 16.1 Å². The number of anilines is 2. The monoisotopic (exact) mass is 315 g/mol. The van der Waals surface area contributed by atoms with Gasteiger partial charge in [0.25, 0.3) is 0 Å². The molecule has 0 bridgehead atoms. The Kier molecular flexibility index (Phi) is 5.03. The van der Waals surface area contributed by atoms with Gasteiger partial charge in [0.2, 0.25) is 0 Å². The standard InChI is InChI=1S/C15H23Cl2N3/c1-4-18-13-11(16)10-12(17)14(19-13)20-8-5-6-15(2,3)7-9-20/h10H,4-9H2,1-3H3,(H,18,19). The molecule has 0 aromatic carbocycles. The van der Waals surface area contributed by atoms with Gasteiger partial charge in [-0.25, -0.2) is 4.98 Å². The Balaban J connectivity index is 2.25. The SMILES string of the molecule is CCNc1nc(N2CCCC(C)(C)CC2)c(Cl)cc1Cl. The minimum absolute atomic E-state index is 0.401. The summed E-state index contributed by atoms with van der Waals surface area (Å²) >= 11 is 12.5. The Morgan fingerprint density at radius 3 is 2.70 bits per heavy atom. The van der Waals surface area contributed by atoms with Gasteiger partial charge in [0.15, 0.2) is 0 Å². The molecule has 1 fully saturated rings. The fourth-order valence-electron chi connectivity index (χ4n) is 2.60. The highest BCUT2D eigenvalue weighted by Crippen LogP contribution is 2.35. The van der Waals surface area contributed by atoms with Crippen LogP contribution in [0.2, 0.25) is 10.0 Å². The van der Waals surface area contributed by atoms with Crippen molar-refractivity contribution < 1.29 is 0 Å². The molecule has 0 atom stereocenters. The van der Waals surface area contributed by atoms with E-state index in [1.54, 1.807) is 6.07 Å². The zero-order valence-corrected chi connectivity index (χ0v) is 14.0. The topological polar surface area (TPSA) is 28.2 Å². The fraction of sp³-hybridized carbons (Fsp3) is 0.667. The summed E-state index contributed by atoms with van der Waals surface area (Å²) in [6.07, 6.45) is 3.57. The van der Waals surface area contributed by atoms with Crippen LogP contribution >= 0.6 is 23.2 Å². The second kappa shape index (κ2) is 6.40. The van der Waals surface area contributed by atoms with Gasteiger partial charge in [0.05, 0.1) is 10.0 Å². The van der Waals surface area contributed by atoms with Crippen molar-refractivity contribution in [1.82, 2.24) is 4.98 Å². The number of rotatable bonds is 3. The average Bonchev–Trinajstić information content (AvgIpc) is 2.54. The first-order valence-electron chi connectivity index (χ1n) is 7.28. The van der Waals surface area contributed by atoms with E-state index in [4.69, 9.17) is 23.2 Å². The van der Waals surface area contributed by atoms with Crippen LogP contribution in [0.1, 0.15) is 40.0 Å². The van der Waals surface area contributed by atoms with Gasteiger partial charge in [-0.05, 0) is 37.7 Å². The number of hydrogen-bond acceptors (Lipinski definition) is 3. The van der Waals surface area contributed by atoms with Crippen molar-refractivity contribution >= 4 is 34.8 Å². The quantitative estimate of drug-likeness (QED) is 0.865. The van der Waals surface area contributed by atoms with E-state index in [1.165, 1.54) is 12.8 Å². The number of hydrogen-bond donors (Lipinski definition) is 1. The molecule has 112 valence electrons. The lowest BCUT2D eigenvalue weighted by Crippen LogP contribution is -2.26. The molecule has 0 spiro atoms. The van der Waals surface area contributed by atoms with Crippen molar-refractivity contribution in [2.45, 2.75) is 40.0 Å². The number of pyridine rings is 1. The van der Waals surface area contributed by atoms with Crippen molar-refractivity contribution in [3.63, 3.8) is 0 Å². The highest BCUT2D eigenvalue weighted by molar-refractivity contribution is 6.37. The van der Waals surface area contributed by atoms with Gasteiger partial charge < -0.3 is 10.2 Å². The Morgan fingerprint density at radius 1 is 1.25 bits per heavy atom. The molecule has 2 heterocycles. The second-order valence-corrected chi connectivity index (χ2v) is 6.97. The lowest BCUT2D eigenvalue weighted by molar-refractivity contribution is 0.325. The zero-order chi connectivity index (χ0) is 14.8. The van der Waals surface area contributed by atoms with E-state index in [-0.39, 0.29) is 0 Å². The van der Waals surface area contributed by atoms with Crippen LogP contribution in [0.5, 0.6) is 0 Å². The summed E-state index contributed by atoms with van der Waals surface area (Å²) in [4.78, 5) is 6.91. The smallest absolute Gasteiger partial charge is 0.149 e. The first-order valence-corrected chi connectivity index (χ1v) is 8.03. The second-order valence-electron chi connectivity index (χ2n) is 6.16. The van der Waals surface area contributed by atoms with Crippen molar-refractivity contribution in [2.24, 2.45) is 5.41 Å². The fourth-order valence-corrected chi connectivity index (χ4v) is 3.15. The number of nitrogens with one attached hydrogen (secondary N) is 1. The molecule has 0 amide bonds. The van der Waals surface area contributed by atoms with E-state index in [2.05, 4.69) is 29.0 Å². The highest BCUT2D eigenvalue weighted by Gasteiger charge is 2.25. The van der Waals surface area contributed by atoms with Gasteiger partial charge in [-0.15, -0.1) is 0 Å². The zero-order valence-electron chi connectivity index (χ0n) is 12.5. The summed E-state index contributed by atoms with van der Waals surface area (Å²) in [6.45, 7) is 9.48. The normalized spacial score (nSPS) is 18.8. The van der Waals surface area contributed by atoms with Gasteiger partial charge in [0.1, 0.15) is 11.6 Å². The van der Waals surface area contributed by atoms with E-state index in [9.17, 15) is 0 Å². The van der Waals surface area contributed by atoms with Gasteiger partial charge in [0, 0.05) is 19.6 Å². The Hall–Kier alpha value is -0.670. The Labute approximate surface area is 131 Å². The van der Waals surface area contributed by atoms with Gasteiger partial charge in [-0.1, -0.05) is 37.0 Å². The number of aromatic nitrogens is 1. The summed E-state index contributed by atoms with van der Waals surface area (Å²) < 4.78 is 0. The van der Waals surface area contributed by atoms with E-state index in [0.29, 0.717) is 15.5 Å². The lowest BCUT2D eigenvalue weighted by Gasteiger charge is -2.25. The maximum atomic E-state index is 6.34. The van der Waals surface area contributed by atoms with Crippen molar-refractivity contribution in [2.75, 3.05) is 29.9 Å². The molecule has 1 N–H and O–H groups in total. The van der Waals surface area contributed by atoms with Gasteiger partial charge in [-0.3, -0.25) is 0 Å². The summed E-state index contributed by atoms with van der Waals surface area (Å²) in [5.41, 5.74) is 0.401. The third-order valence-corrected chi connectivity index (χ3v) is 4.46. The van der Waals surface area contributed by atoms with Crippen LogP contribution < -0.4 is 10.2 Å². The van der Waals surface area contributed by atoms with Crippen molar-refractivity contribution in [3.8, 4) is 0 Å². The predicted octanol–water partition coefficient (Wildman–Crippen LogP) is 4.84. The lowest BCUT2D eigenvalue weighted by atomic mass is 9.85. The van der Waals surface area contributed by atoms with Crippen molar-refractivity contribution in [1.29, 1.82) is 0 Å². The summed E-state index contributed by atoms with van der Waals surface area (Å²) in [5, 5.41) is 4.40. The first kappa shape index (κ1) is 15.7. The third kappa shape index (κ3) is 3.70. The average molecular weight is 316 g/mol. The van der Waals surface area contributed by atoms with Crippen LogP contribution in [0.3, 0.4) is 0 Å². The van der Waals surface area contributed by atoms with Crippen LogP contribution in [0.15, 0.2) is 6.07 Å². The summed E-state index contributed by atoms with van der Waals surface area (Å²) in [6, 6.07) is 1.79. The van der Waals surface area contributed by atoms with Crippen LogP contribution in [0.25, 0.3) is 0 Å². The predicted molar refractivity (Wildman–Crippen MR) is 88.3 cm³/mol. The Morgan fingerprint density at radius 2 is 2.00 bits per heavy atom. The van der Waals surface area contributed by atoms with E-state index >= 15 is 0 Å². The minimum Gasteiger partial charge on any atom is -0.369 e. The Bertz CT molecular complexity index is 474. The third-order valence-electron chi connectivity index (χ3n) is 3.89. The largest absolute Gasteiger partial charge is 0.369 e. The maximum absolute atomic E-state index is 6.34. The molecule has 3 nitrogen and oxygen atoms in total. The molecule has 0 saturated carbocycles. The van der Waals surface area contributed by atoms with Gasteiger partial charge >= 0.3 is 0 Å². The maximum Gasteiger partial charge on any atom is 0.149 e. The number of halogens is 2. The van der Waals surface area contributed by atoms with E-state index in [1.807, 2.05) is 6.92 Å². The molecule has 1 saturated heterocycles. The highest BCUT2D eigenvalue weighted by atomic mass is 35.5. The van der Waals surface area contributed by atoms with Crippen LogP contribution in [-0.2, 0) is 0 Å². The minimum atomic E-state index is 0.401. The molecule has 5 heteroatoms.